The molecule has 0 heterocycles. The zero-order chi connectivity index (χ0) is 14.9. The Hall–Kier alpha value is -1.49. The molecule has 0 saturated heterocycles. The molecule has 0 amide bonds. The van der Waals surface area contributed by atoms with Gasteiger partial charge in [-0.3, -0.25) is 0 Å². The minimum Gasteiger partial charge on any atom is -0.378 e. The molecule has 0 bridgehead atoms. The monoisotopic (exact) mass is 343 g/mol. The van der Waals surface area contributed by atoms with Crippen LogP contribution < -0.4 is 5.32 Å². The van der Waals surface area contributed by atoms with Crippen molar-refractivity contribution in [1.82, 2.24) is 0 Å². The lowest BCUT2D eigenvalue weighted by Gasteiger charge is -2.19. The number of halogens is 4. The second-order valence-corrected chi connectivity index (χ2v) is 5.44. The van der Waals surface area contributed by atoms with Gasteiger partial charge in [0.05, 0.1) is 10.5 Å². The first-order valence-corrected chi connectivity index (χ1v) is 6.85. The van der Waals surface area contributed by atoms with Gasteiger partial charge in [0.15, 0.2) is 0 Å². The Bertz CT molecular complexity index is 623. The molecule has 1 nitrogen and oxygen atoms in total. The second kappa shape index (κ2) is 5.87. The van der Waals surface area contributed by atoms with E-state index in [0.29, 0.717) is 15.7 Å². The van der Waals surface area contributed by atoms with E-state index in [1.165, 1.54) is 24.3 Å². The highest BCUT2D eigenvalue weighted by atomic mass is 79.9. The molecule has 1 N–H and O–H groups in total. The fraction of sp³-hybridized carbons (Fsp3) is 0.200. The predicted molar refractivity (Wildman–Crippen MR) is 77.2 cm³/mol. The minimum atomic E-state index is -0.608. The molecule has 0 spiro atoms. The molecule has 5 heteroatoms. The van der Waals surface area contributed by atoms with Crippen molar-refractivity contribution in [3.63, 3.8) is 0 Å². The largest absolute Gasteiger partial charge is 0.378 e. The Morgan fingerprint density at radius 2 is 1.65 bits per heavy atom. The zero-order valence-electron chi connectivity index (χ0n) is 11.0. The summed E-state index contributed by atoms with van der Waals surface area (Å²) in [6, 6.07) is 6.08. The van der Waals surface area contributed by atoms with E-state index in [-0.39, 0.29) is 11.4 Å². The third kappa shape index (κ3) is 2.98. The number of benzene rings is 2. The second-order valence-electron chi connectivity index (χ2n) is 4.58. The van der Waals surface area contributed by atoms with E-state index < -0.39 is 17.7 Å². The first-order valence-electron chi connectivity index (χ1n) is 6.06. The van der Waals surface area contributed by atoms with Crippen LogP contribution in [0.1, 0.15) is 24.1 Å². The van der Waals surface area contributed by atoms with Gasteiger partial charge < -0.3 is 5.32 Å². The van der Waals surface area contributed by atoms with Crippen molar-refractivity contribution < 1.29 is 13.2 Å². The van der Waals surface area contributed by atoms with E-state index in [4.69, 9.17) is 0 Å². The number of aryl methyl sites for hydroxylation is 1. The summed E-state index contributed by atoms with van der Waals surface area (Å²) < 4.78 is 41.0. The first kappa shape index (κ1) is 14.9. The van der Waals surface area contributed by atoms with Gasteiger partial charge in [0.1, 0.15) is 17.5 Å². The number of nitrogens with one attached hydrogen (secondary N) is 1. The van der Waals surface area contributed by atoms with Gasteiger partial charge in [0.25, 0.3) is 0 Å². The molecule has 0 saturated carbocycles. The minimum absolute atomic E-state index is 0.0349. The number of anilines is 1. The van der Waals surface area contributed by atoms with Crippen LogP contribution in [0.2, 0.25) is 0 Å². The maximum absolute atomic E-state index is 13.7. The molecule has 0 aliphatic heterocycles. The Balaban J connectivity index is 2.33. The Kier molecular flexibility index (Phi) is 4.38. The maximum atomic E-state index is 13.7. The van der Waals surface area contributed by atoms with Crippen molar-refractivity contribution in [1.29, 1.82) is 0 Å². The summed E-state index contributed by atoms with van der Waals surface area (Å²) in [6.45, 7) is 3.38. The van der Waals surface area contributed by atoms with Gasteiger partial charge in [0, 0.05) is 11.3 Å². The van der Waals surface area contributed by atoms with E-state index in [1.807, 2.05) is 0 Å². The fourth-order valence-electron chi connectivity index (χ4n) is 2.03. The molecule has 2 aromatic carbocycles. The van der Waals surface area contributed by atoms with Crippen LogP contribution in [0.3, 0.4) is 0 Å². The number of hydrogen-bond donors (Lipinski definition) is 1. The van der Waals surface area contributed by atoms with Gasteiger partial charge in [-0.05, 0) is 59.6 Å². The van der Waals surface area contributed by atoms with Crippen LogP contribution in [-0.2, 0) is 0 Å². The van der Waals surface area contributed by atoms with Crippen LogP contribution in [-0.4, -0.2) is 0 Å². The highest BCUT2D eigenvalue weighted by Crippen LogP contribution is 2.29. The summed E-state index contributed by atoms with van der Waals surface area (Å²) in [5.41, 5.74) is 1.25. The molecule has 0 aliphatic carbocycles. The molecule has 1 atom stereocenters. The molecule has 1 unspecified atom stereocenters. The Morgan fingerprint density at radius 1 is 1.05 bits per heavy atom. The van der Waals surface area contributed by atoms with E-state index in [2.05, 4.69) is 21.2 Å². The van der Waals surface area contributed by atoms with Gasteiger partial charge in [-0.15, -0.1) is 0 Å². The van der Waals surface area contributed by atoms with Crippen molar-refractivity contribution in [2.24, 2.45) is 0 Å². The van der Waals surface area contributed by atoms with Crippen LogP contribution in [0.4, 0.5) is 18.9 Å². The molecule has 2 rings (SSSR count). The third-order valence-corrected chi connectivity index (χ3v) is 3.68. The van der Waals surface area contributed by atoms with Gasteiger partial charge in [0.2, 0.25) is 0 Å². The lowest BCUT2D eigenvalue weighted by Crippen LogP contribution is -2.11. The van der Waals surface area contributed by atoms with Crippen molar-refractivity contribution in [3.8, 4) is 0 Å². The van der Waals surface area contributed by atoms with Crippen molar-refractivity contribution >= 4 is 21.6 Å². The summed E-state index contributed by atoms with van der Waals surface area (Å²) >= 11 is 3.09. The van der Waals surface area contributed by atoms with E-state index in [1.54, 1.807) is 19.9 Å². The molecular weight excluding hydrogens is 331 g/mol. The standard InChI is InChI=1S/C15H13BrF3N/c1-8-6-13(19)10(16)7-14(8)20-9(2)15-11(17)4-3-5-12(15)18/h3-7,9,20H,1-2H3. The van der Waals surface area contributed by atoms with Gasteiger partial charge in [-0.2, -0.15) is 0 Å². The summed E-state index contributed by atoms with van der Waals surface area (Å²) in [4.78, 5) is 0. The Labute approximate surface area is 123 Å². The molecule has 0 aliphatic rings. The fourth-order valence-corrected chi connectivity index (χ4v) is 2.37. The van der Waals surface area contributed by atoms with Crippen molar-refractivity contribution in [2.75, 3.05) is 5.32 Å². The van der Waals surface area contributed by atoms with Crippen LogP contribution in [0.5, 0.6) is 0 Å². The quantitative estimate of drug-likeness (QED) is 0.792. The summed E-state index contributed by atoms with van der Waals surface area (Å²) in [5.74, 6) is -1.59. The topological polar surface area (TPSA) is 12.0 Å². The molecule has 20 heavy (non-hydrogen) atoms. The summed E-state index contributed by atoms with van der Waals surface area (Å²) in [6.07, 6.45) is 0. The molecule has 0 fully saturated rings. The van der Waals surface area contributed by atoms with Crippen molar-refractivity contribution in [3.05, 3.63) is 63.4 Å². The van der Waals surface area contributed by atoms with E-state index >= 15 is 0 Å². The summed E-state index contributed by atoms with van der Waals surface area (Å²) in [5, 5.41) is 3.00. The van der Waals surface area contributed by atoms with Crippen molar-refractivity contribution in [2.45, 2.75) is 19.9 Å². The maximum Gasteiger partial charge on any atom is 0.137 e. The van der Waals surface area contributed by atoms with Gasteiger partial charge in [-0.1, -0.05) is 6.07 Å². The normalized spacial score (nSPS) is 12.3. The predicted octanol–water partition coefficient (Wildman–Crippen LogP) is 5.35. The molecule has 106 valence electrons. The highest BCUT2D eigenvalue weighted by Gasteiger charge is 2.17. The molecular formula is C15H13BrF3N. The van der Waals surface area contributed by atoms with Crippen LogP contribution >= 0.6 is 15.9 Å². The van der Waals surface area contributed by atoms with Gasteiger partial charge >= 0.3 is 0 Å². The Morgan fingerprint density at radius 3 is 2.25 bits per heavy atom. The highest BCUT2D eigenvalue weighted by molar-refractivity contribution is 9.10. The first-order chi connectivity index (χ1) is 9.40. The molecule has 0 aromatic heterocycles. The molecule has 0 radical (unpaired) electrons. The van der Waals surface area contributed by atoms with E-state index in [0.717, 1.165) is 0 Å². The van der Waals surface area contributed by atoms with Crippen LogP contribution in [0.15, 0.2) is 34.8 Å². The SMILES string of the molecule is Cc1cc(F)c(Br)cc1NC(C)c1c(F)cccc1F. The zero-order valence-corrected chi connectivity index (χ0v) is 12.6. The lowest BCUT2D eigenvalue weighted by molar-refractivity contribution is 0.544. The smallest absolute Gasteiger partial charge is 0.137 e. The lowest BCUT2D eigenvalue weighted by atomic mass is 10.1. The number of hydrogen-bond acceptors (Lipinski definition) is 1. The summed E-state index contributed by atoms with van der Waals surface area (Å²) in [7, 11) is 0. The average Bonchev–Trinajstić information content (AvgIpc) is 2.35. The number of rotatable bonds is 3. The average molecular weight is 344 g/mol. The van der Waals surface area contributed by atoms with E-state index in [9.17, 15) is 13.2 Å². The van der Waals surface area contributed by atoms with Crippen LogP contribution in [0, 0.1) is 24.4 Å². The van der Waals surface area contributed by atoms with Crippen LogP contribution in [0.25, 0.3) is 0 Å². The third-order valence-electron chi connectivity index (χ3n) is 3.07. The molecule has 2 aromatic rings. The van der Waals surface area contributed by atoms with Gasteiger partial charge in [-0.25, -0.2) is 13.2 Å².